The molecule has 0 atom stereocenters. The Morgan fingerprint density at radius 1 is 1.11 bits per heavy atom. The number of carbonyl (C=O) groups excluding carboxylic acids is 1. The van der Waals surface area contributed by atoms with Crippen LogP contribution in [0.1, 0.15) is 28.4 Å². The van der Waals surface area contributed by atoms with Gasteiger partial charge in [-0.1, -0.05) is 23.7 Å². The smallest absolute Gasteiger partial charge is 0.261 e. The van der Waals surface area contributed by atoms with Crippen LogP contribution in [0, 0.1) is 0 Å². The summed E-state index contributed by atoms with van der Waals surface area (Å²) in [6.07, 6.45) is 2.32. The molecule has 28 heavy (non-hydrogen) atoms. The number of rotatable bonds is 3. The molecule has 0 aliphatic carbocycles. The predicted molar refractivity (Wildman–Crippen MR) is 110 cm³/mol. The molecule has 0 saturated carbocycles. The highest BCUT2D eigenvalue weighted by Crippen LogP contribution is 2.38. The van der Waals surface area contributed by atoms with Crippen molar-refractivity contribution in [1.29, 1.82) is 0 Å². The lowest BCUT2D eigenvalue weighted by molar-refractivity contribution is 0.0994. The van der Waals surface area contributed by atoms with E-state index in [1.807, 2.05) is 24.0 Å². The van der Waals surface area contributed by atoms with E-state index in [1.54, 1.807) is 48.5 Å². The maximum atomic E-state index is 13.2. The summed E-state index contributed by atoms with van der Waals surface area (Å²) in [6, 6.07) is 12.4. The number of hydrogen-bond acceptors (Lipinski definition) is 5. The molecule has 2 aromatic heterocycles. The van der Waals surface area contributed by atoms with Gasteiger partial charge in [-0.05, 0) is 54.8 Å². The number of benzene rings is 1. The average molecular weight is 395 g/mol. The summed E-state index contributed by atoms with van der Waals surface area (Å²) in [4.78, 5) is 25.7. The minimum atomic E-state index is -0.151. The zero-order valence-electron chi connectivity index (χ0n) is 15.6. The molecule has 1 amide bonds. The standard InChI is InChI=1S/C21H19ClN4O2/c1-3-26-19-16(21(28)25(2)17-7-8-18(22)24-20(17)26)11-14(12-23-19)9-13-5-4-6-15(27)10-13/h4-8,10-12,27H,3,9H2,1-2H3. The number of anilines is 3. The summed E-state index contributed by atoms with van der Waals surface area (Å²) >= 11 is 6.11. The average Bonchev–Trinajstić information content (AvgIpc) is 2.76. The molecule has 4 rings (SSSR count). The highest BCUT2D eigenvalue weighted by Gasteiger charge is 2.30. The molecular weight excluding hydrogens is 376 g/mol. The van der Waals surface area contributed by atoms with Crippen molar-refractivity contribution in [3.8, 4) is 5.75 Å². The molecule has 3 heterocycles. The van der Waals surface area contributed by atoms with E-state index in [-0.39, 0.29) is 11.7 Å². The first-order chi connectivity index (χ1) is 13.5. The fourth-order valence-electron chi connectivity index (χ4n) is 3.44. The lowest BCUT2D eigenvalue weighted by Gasteiger charge is -2.23. The van der Waals surface area contributed by atoms with Gasteiger partial charge >= 0.3 is 0 Å². The predicted octanol–water partition coefficient (Wildman–Crippen LogP) is 4.17. The van der Waals surface area contributed by atoms with Crippen molar-refractivity contribution in [2.24, 2.45) is 0 Å². The van der Waals surface area contributed by atoms with E-state index in [0.29, 0.717) is 41.0 Å². The Kier molecular flexibility index (Phi) is 4.65. The summed E-state index contributed by atoms with van der Waals surface area (Å²) in [5.41, 5.74) is 3.03. The van der Waals surface area contributed by atoms with Gasteiger partial charge in [0, 0.05) is 19.8 Å². The third kappa shape index (κ3) is 3.16. The Hall–Kier alpha value is -3.12. The van der Waals surface area contributed by atoms with Crippen molar-refractivity contribution >= 4 is 34.8 Å². The molecule has 3 aromatic rings. The van der Waals surface area contributed by atoms with Crippen LogP contribution in [-0.2, 0) is 6.42 Å². The first-order valence-electron chi connectivity index (χ1n) is 8.97. The van der Waals surface area contributed by atoms with Crippen molar-refractivity contribution in [2.45, 2.75) is 13.3 Å². The molecule has 1 aliphatic rings. The molecule has 1 aliphatic heterocycles. The lowest BCUT2D eigenvalue weighted by atomic mass is 10.0. The van der Waals surface area contributed by atoms with Crippen LogP contribution >= 0.6 is 11.6 Å². The van der Waals surface area contributed by atoms with Gasteiger partial charge in [0.05, 0.1) is 11.3 Å². The molecule has 0 spiro atoms. The number of nitrogens with zero attached hydrogens (tertiary/aromatic N) is 4. The molecule has 0 unspecified atom stereocenters. The first-order valence-corrected chi connectivity index (χ1v) is 9.34. The quantitative estimate of drug-likeness (QED) is 0.675. The van der Waals surface area contributed by atoms with E-state index >= 15 is 0 Å². The molecule has 1 N–H and O–H groups in total. The van der Waals surface area contributed by atoms with Gasteiger partial charge in [-0.2, -0.15) is 0 Å². The maximum absolute atomic E-state index is 13.2. The Labute approximate surface area is 168 Å². The lowest BCUT2D eigenvalue weighted by Crippen LogP contribution is -2.25. The van der Waals surface area contributed by atoms with Crippen LogP contribution in [-0.4, -0.2) is 34.6 Å². The van der Waals surface area contributed by atoms with Gasteiger partial charge in [-0.15, -0.1) is 0 Å². The minimum Gasteiger partial charge on any atom is -0.508 e. The molecule has 6 nitrogen and oxygen atoms in total. The molecule has 0 radical (unpaired) electrons. The van der Waals surface area contributed by atoms with Crippen LogP contribution < -0.4 is 9.80 Å². The zero-order chi connectivity index (χ0) is 19.8. The first kappa shape index (κ1) is 18.3. The van der Waals surface area contributed by atoms with Crippen molar-refractivity contribution in [3.63, 3.8) is 0 Å². The normalized spacial score (nSPS) is 13.2. The second-order valence-corrected chi connectivity index (χ2v) is 7.03. The zero-order valence-corrected chi connectivity index (χ0v) is 16.3. The van der Waals surface area contributed by atoms with Gasteiger partial charge < -0.3 is 14.9 Å². The summed E-state index contributed by atoms with van der Waals surface area (Å²) < 4.78 is 0. The number of carbonyl (C=O) groups is 1. The van der Waals surface area contributed by atoms with Crippen molar-refractivity contribution < 1.29 is 9.90 Å². The monoisotopic (exact) mass is 394 g/mol. The van der Waals surface area contributed by atoms with Gasteiger partial charge in [0.2, 0.25) is 0 Å². The second kappa shape index (κ2) is 7.13. The number of aromatic nitrogens is 2. The second-order valence-electron chi connectivity index (χ2n) is 6.65. The van der Waals surface area contributed by atoms with E-state index in [4.69, 9.17) is 11.6 Å². The fraction of sp³-hybridized carbons (Fsp3) is 0.190. The van der Waals surface area contributed by atoms with Crippen LogP contribution in [0.4, 0.5) is 17.3 Å². The third-order valence-electron chi connectivity index (χ3n) is 4.79. The van der Waals surface area contributed by atoms with E-state index in [1.165, 1.54) is 0 Å². The van der Waals surface area contributed by atoms with Crippen LogP contribution in [0.5, 0.6) is 5.75 Å². The topological polar surface area (TPSA) is 69.6 Å². The van der Waals surface area contributed by atoms with E-state index < -0.39 is 0 Å². The number of halogens is 1. The summed E-state index contributed by atoms with van der Waals surface area (Å²) in [5.74, 6) is 1.23. The highest BCUT2D eigenvalue weighted by atomic mass is 35.5. The SMILES string of the molecule is CCN1c2ncc(Cc3cccc(O)c3)cc2C(=O)N(C)c2ccc(Cl)nc21. The number of phenols is 1. The van der Waals surface area contributed by atoms with Crippen LogP contribution in [0.25, 0.3) is 0 Å². The van der Waals surface area contributed by atoms with E-state index in [0.717, 1.165) is 11.1 Å². The van der Waals surface area contributed by atoms with Gasteiger partial charge in [0.25, 0.3) is 5.91 Å². The molecular formula is C21H19ClN4O2. The van der Waals surface area contributed by atoms with Crippen molar-refractivity contribution in [1.82, 2.24) is 9.97 Å². The van der Waals surface area contributed by atoms with E-state index in [9.17, 15) is 9.90 Å². The molecule has 0 fully saturated rings. The minimum absolute atomic E-state index is 0.151. The van der Waals surface area contributed by atoms with Gasteiger partial charge in [-0.3, -0.25) is 4.79 Å². The van der Waals surface area contributed by atoms with Gasteiger partial charge in [0.15, 0.2) is 5.82 Å². The summed E-state index contributed by atoms with van der Waals surface area (Å²) in [5, 5.41) is 10.0. The summed E-state index contributed by atoms with van der Waals surface area (Å²) in [6.45, 7) is 2.57. The molecule has 7 heteroatoms. The molecule has 142 valence electrons. The maximum Gasteiger partial charge on any atom is 0.261 e. The molecule has 1 aromatic carbocycles. The number of fused-ring (bicyclic) bond motifs is 2. The Bertz CT molecular complexity index is 1070. The van der Waals surface area contributed by atoms with Gasteiger partial charge in [0.1, 0.15) is 16.7 Å². The number of aromatic hydroxyl groups is 1. The largest absolute Gasteiger partial charge is 0.508 e. The number of pyridine rings is 2. The third-order valence-corrected chi connectivity index (χ3v) is 5.00. The van der Waals surface area contributed by atoms with Crippen molar-refractivity contribution in [3.05, 3.63) is 70.5 Å². The molecule has 0 bridgehead atoms. The Morgan fingerprint density at radius 2 is 1.93 bits per heavy atom. The number of phenolic OH excluding ortho intramolecular Hbond substituents is 1. The number of hydrogen-bond donors (Lipinski definition) is 1. The van der Waals surface area contributed by atoms with Gasteiger partial charge in [-0.25, -0.2) is 9.97 Å². The highest BCUT2D eigenvalue weighted by molar-refractivity contribution is 6.29. The Morgan fingerprint density at radius 3 is 2.68 bits per heavy atom. The Balaban J connectivity index is 1.81. The van der Waals surface area contributed by atoms with Crippen LogP contribution in [0.2, 0.25) is 5.15 Å². The fourth-order valence-corrected chi connectivity index (χ4v) is 3.58. The van der Waals surface area contributed by atoms with Crippen molar-refractivity contribution in [2.75, 3.05) is 23.4 Å². The number of amides is 1. The molecule has 0 saturated heterocycles. The van der Waals surface area contributed by atoms with Crippen LogP contribution in [0.3, 0.4) is 0 Å². The van der Waals surface area contributed by atoms with Crippen LogP contribution in [0.15, 0.2) is 48.7 Å². The summed E-state index contributed by atoms with van der Waals surface area (Å²) in [7, 11) is 1.72. The van der Waals surface area contributed by atoms with E-state index in [2.05, 4.69) is 9.97 Å².